The average molecular weight is 244 g/mol. The van der Waals surface area contributed by atoms with Gasteiger partial charge in [0.05, 0.1) is 13.2 Å². The second-order valence-electron chi connectivity index (χ2n) is 4.39. The third-order valence-electron chi connectivity index (χ3n) is 2.93. The highest BCUT2D eigenvalue weighted by Crippen LogP contribution is 2.33. The second-order valence-corrected chi connectivity index (χ2v) is 4.79. The molecule has 1 saturated heterocycles. The minimum absolute atomic E-state index is 0.262. The van der Waals surface area contributed by atoms with E-state index in [1.807, 2.05) is 6.92 Å². The molecule has 1 unspecified atom stereocenters. The first-order valence-corrected chi connectivity index (χ1v) is 5.74. The molecule has 2 rings (SSSR count). The quantitative estimate of drug-likeness (QED) is 0.818. The Labute approximate surface area is 99.7 Å². The standard InChI is InChI=1S/C12H15ClFNO/c1-12(7-15-5-6-16-8-12)11-9(13)3-2-4-10(11)14/h2-4,15H,5-8H2,1H3. The van der Waals surface area contributed by atoms with Crippen LogP contribution in [0.3, 0.4) is 0 Å². The van der Waals surface area contributed by atoms with Crippen molar-refractivity contribution >= 4 is 11.6 Å². The van der Waals surface area contributed by atoms with Gasteiger partial charge >= 0.3 is 0 Å². The third-order valence-corrected chi connectivity index (χ3v) is 3.24. The average Bonchev–Trinajstić information content (AvgIpc) is 2.43. The fraction of sp³-hybridized carbons (Fsp3) is 0.500. The molecule has 0 aliphatic carbocycles. The Morgan fingerprint density at radius 1 is 1.50 bits per heavy atom. The Bertz CT molecular complexity index is 355. The molecule has 1 fully saturated rings. The summed E-state index contributed by atoms with van der Waals surface area (Å²) in [6.07, 6.45) is 0. The van der Waals surface area contributed by atoms with Gasteiger partial charge in [0, 0.05) is 29.1 Å². The maximum atomic E-state index is 13.8. The molecule has 16 heavy (non-hydrogen) atoms. The van der Waals surface area contributed by atoms with Gasteiger partial charge < -0.3 is 10.1 Å². The van der Waals surface area contributed by atoms with Gasteiger partial charge in [0.25, 0.3) is 0 Å². The van der Waals surface area contributed by atoms with Crippen LogP contribution in [0.2, 0.25) is 5.02 Å². The Morgan fingerprint density at radius 3 is 3.06 bits per heavy atom. The van der Waals surface area contributed by atoms with E-state index in [2.05, 4.69) is 5.32 Å². The molecule has 4 heteroatoms. The summed E-state index contributed by atoms with van der Waals surface area (Å²) < 4.78 is 19.3. The van der Waals surface area contributed by atoms with Crippen molar-refractivity contribution in [2.24, 2.45) is 0 Å². The minimum Gasteiger partial charge on any atom is -0.379 e. The highest BCUT2D eigenvalue weighted by Gasteiger charge is 2.33. The first kappa shape index (κ1) is 11.8. The van der Waals surface area contributed by atoms with Gasteiger partial charge in [0.15, 0.2) is 0 Å². The van der Waals surface area contributed by atoms with Crippen molar-refractivity contribution < 1.29 is 9.13 Å². The van der Waals surface area contributed by atoms with Crippen LogP contribution < -0.4 is 5.32 Å². The molecule has 1 N–H and O–H groups in total. The van der Waals surface area contributed by atoms with Gasteiger partial charge in [-0.15, -0.1) is 0 Å². The number of rotatable bonds is 1. The molecule has 0 amide bonds. The van der Waals surface area contributed by atoms with E-state index in [0.717, 1.165) is 6.54 Å². The smallest absolute Gasteiger partial charge is 0.128 e. The lowest BCUT2D eigenvalue weighted by Gasteiger charge is -2.29. The number of ether oxygens (including phenoxy) is 1. The molecule has 0 bridgehead atoms. The van der Waals surface area contributed by atoms with Crippen molar-refractivity contribution in [1.29, 1.82) is 0 Å². The molecule has 1 atom stereocenters. The highest BCUT2D eigenvalue weighted by atomic mass is 35.5. The molecule has 0 saturated carbocycles. The van der Waals surface area contributed by atoms with E-state index >= 15 is 0 Å². The van der Waals surface area contributed by atoms with Crippen molar-refractivity contribution in [3.63, 3.8) is 0 Å². The lowest BCUT2D eigenvalue weighted by molar-refractivity contribution is 0.112. The van der Waals surface area contributed by atoms with E-state index in [9.17, 15) is 4.39 Å². The largest absolute Gasteiger partial charge is 0.379 e. The predicted octanol–water partition coefficient (Wildman–Crippen LogP) is 2.36. The molecule has 0 aromatic heterocycles. The summed E-state index contributed by atoms with van der Waals surface area (Å²) in [5.41, 5.74) is 0.143. The van der Waals surface area contributed by atoms with Crippen molar-refractivity contribution in [2.75, 3.05) is 26.3 Å². The molecule has 1 aliphatic heterocycles. The van der Waals surface area contributed by atoms with Crippen LogP contribution in [0.4, 0.5) is 4.39 Å². The van der Waals surface area contributed by atoms with Crippen LogP contribution >= 0.6 is 11.6 Å². The van der Waals surface area contributed by atoms with Crippen molar-refractivity contribution in [2.45, 2.75) is 12.3 Å². The van der Waals surface area contributed by atoms with Crippen LogP contribution in [0.15, 0.2) is 18.2 Å². The molecule has 0 radical (unpaired) electrons. The first-order valence-electron chi connectivity index (χ1n) is 5.36. The van der Waals surface area contributed by atoms with Crippen LogP contribution in [0.1, 0.15) is 12.5 Å². The van der Waals surface area contributed by atoms with E-state index in [0.29, 0.717) is 30.3 Å². The van der Waals surface area contributed by atoms with Crippen LogP contribution in [-0.2, 0) is 10.2 Å². The first-order chi connectivity index (χ1) is 7.63. The van der Waals surface area contributed by atoms with E-state index in [1.165, 1.54) is 6.07 Å². The maximum absolute atomic E-state index is 13.8. The van der Waals surface area contributed by atoms with Crippen LogP contribution in [0.5, 0.6) is 0 Å². The Hall–Kier alpha value is -0.640. The molecule has 1 aromatic carbocycles. The second kappa shape index (κ2) is 4.70. The summed E-state index contributed by atoms with van der Waals surface area (Å²) in [5, 5.41) is 3.71. The van der Waals surface area contributed by atoms with E-state index < -0.39 is 5.41 Å². The van der Waals surface area contributed by atoms with Gasteiger partial charge in [-0.1, -0.05) is 24.6 Å². The topological polar surface area (TPSA) is 21.3 Å². The van der Waals surface area contributed by atoms with Crippen LogP contribution in [0.25, 0.3) is 0 Å². The van der Waals surface area contributed by atoms with Gasteiger partial charge in [0.2, 0.25) is 0 Å². The summed E-state index contributed by atoms with van der Waals surface area (Å²) >= 11 is 6.08. The van der Waals surface area contributed by atoms with Crippen LogP contribution in [-0.4, -0.2) is 26.3 Å². The number of benzene rings is 1. The molecule has 1 heterocycles. The molecular weight excluding hydrogens is 229 g/mol. The lowest BCUT2D eigenvalue weighted by Crippen LogP contribution is -2.37. The molecule has 2 nitrogen and oxygen atoms in total. The summed E-state index contributed by atoms with van der Waals surface area (Å²) in [6, 6.07) is 4.78. The van der Waals surface area contributed by atoms with Gasteiger partial charge in [-0.2, -0.15) is 0 Å². The molecule has 0 spiro atoms. The van der Waals surface area contributed by atoms with Crippen molar-refractivity contribution in [3.05, 3.63) is 34.6 Å². The monoisotopic (exact) mass is 243 g/mol. The van der Waals surface area contributed by atoms with Crippen molar-refractivity contribution in [1.82, 2.24) is 5.32 Å². The zero-order chi connectivity index (χ0) is 11.6. The van der Waals surface area contributed by atoms with Gasteiger partial charge in [-0.3, -0.25) is 0 Å². The maximum Gasteiger partial charge on any atom is 0.128 e. The molecule has 1 aliphatic rings. The summed E-state index contributed by atoms with van der Waals surface area (Å²) in [7, 11) is 0. The third kappa shape index (κ3) is 2.21. The molecular formula is C12H15ClFNO. The fourth-order valence-corrected chi connectivity index (χ4v) is 2.48. The summed E-state index contributed by atoms with van der Waals surface area (Å²) in [4.78, 5) is 0. The van der Waals surface area contributed by atoms with E-state index in [1.54, 1.807) is 12.1 Å². The number of hydrogen-bond donors (Lipinski definition) is 1. The zero-order valence-electron chi connectivity index (χ0n) is 9.22. The van der Waals surface area contributed by atoms with E-state index in [-0.39, 0.29) is 5.82 Å². The van der Waals surface area contributed by atoms with Gasteiger partial charge in [-0.25, -0.2) is 4.39 Å². The highest BCUT2D eigenvalue weighted by molar-refractivity contribution is 6.31. The summed E-state index contributed by atoms with van der Waals surface area (Å²) in [5.74, 6) is -0.262. The fourth-order valence-electron chi connectivity index (χ4n) is 2.09. The molecule has 88 valence electrons. The van der Waals surface area contributed by atoms with Gasteiger partial charge in [0.1, 0.15) is 5.82 Å². The van der Waals surface area contributed by atoms with E-state index in [4.69, 9.17) is 16.3 Å². The normalized spacial score (nSPS) is 26.4. The Kier molecular flexibility index (Phi) is 3.47. The predicted molar refractivity (Wildman–Crippen MR) is 62.5 cm³/mol. The minimum atomic E-state index is -0.404. The SMILES string of the molecule is CC1(c2c(F)cccc2Cl)CNCCOC1. The Morgan fingerprint density at radius 2 is 2.31 bits per heavy atom. The van der Waals surface area contributed by atoms with Gasteiger partial charge in [-0.05, 0) is 12.1 Å². The molecule has 1 aromatic rings. The summed E-state index contributed by atoms with van der Waals surface area (Å²) in [6.45, 7) is 4.58. The number of hydrogen-bond acceptors (Lipinski definition) is 2. The Balaban J connectivity index is 2.40. The number of halogens is 2. The van der Waals surface area contributed by atoms with Crippen LogP contribution in [0, 0.1) is 5.82 Å². The lowest BCUT2D eigenvalue weighted by atomic mass is 9.83. The van der Waals surface area contributed by atoms with Crippen molar-refractivity contribution in [3.8, 4) is 0 Å². The zero-order valence-corrected chi connectivity index (χ0v) is 9.98. The number of nitrogens with one attached hydrogen (secondary N) is 1.